The Morgan fingerprint density at radius 2 is 1.88 bits per heavy atom. The number of anilines is 2. The summed E-state index contributed by atoms with van der Waals surface area (Å²) in [5.41, 5.74) is 0.774. The number of likely N-dealkylation sites (N-methyl/N-ethyl adjacent to an activating group) is 1. The molecule has 0 unspecified atom stereocenters. The highest BCUT2D eigenvalue weighted by molar-refractivity contribution is 7.22. The number of alkyl halides is 3. The van der Waals surface area contributed by atoms with Crippen molar-refractivity contribution in [2.75, 3.05) is 23.8 Å². The Morgan fingerprint density at radius 3 is 2.62 bits per heavy atom. The smallest absolute Gasteiger partial charge is 0.404 e. The summed E-state index contributed by atoms with van der Waals surface area (Å²) in [6.45, 7) is -0.0693. The summed E-state index contributed by atoms with van der Waals surface area (Å²) in [6.07, 6.45) is -4.83. The Hall–Kier alpha value is -2.81. The highest BCUT2D eigenvalue weighted by Crippen LogP contribution is 2.30. The molecule has 9 heteroatoms. The largest absolute Gasteiger partial charge is 0.573 e. The Labute approximate surface area is 151 Å². The van der Waals surface area contributed by atoms with Crippen LogP contribution in [0.5, 0.6) is 5.75 Å². The number of carbonyl (C=O) groups is 1. The van der Waals surface area contributed by atoms with E-state index in [4.69, 9.17) is 0 Å². The topological polar surface area (TPSA) is 54.5 Å². The van der Waals surface area contributed by atoms with Gasteiger partial charge in [0.1, 0.15) is 0 Å². The number of benzene rings is 2. The lowest BCUT2D eigenvalue weighted by Gasteiger charge is -2.17. The second-order valence-electron chi connectivity index (χ2n) is 5.41. The molecule has 5 nitrogen and oxygen atoms in total. The fourth-order valence-electron chi connectivity index (χ4n) is 2.28. The van der Waals surface area contributed by atoms with E-state index in [9.17, 15) is 18.0 Å². The normalized spacial score (nSPS) is 11.4. The molecule has 136 valence electrons. The van der Waals surface area contributed by atoms with Crippen molar-refractivity contribution >= 4 is 38.3 Å². The molecule has 0 bridgehead atoms. The van der Waals surface area contributed by atoms with Crippen LogP contribution in [0.3, 0.4) is 0 Å². The average molecular weight is 381 g/mol. The van der Waals surface area contributed by atoms with E-state index in [1.54, 1.807) is 11.9 Å². The molecule has 2 aromatic carbocycles. The maximum Gasteiger partial charge on any atom is 0.573 e. The monoisotopic (exact) mass is 381 g/mol. The summed E-state index contributed by atoms with van der Waals surface area (Å²) in [5.74, 6) is -0.944. The van der Waals surface area contributed by atoms with Crippen LogP contribution in [0.25, 0.3) is 10.2 Å². The van der Waals surface area contributed by atoms with Crippen molar-refractivity contribution in [3.63, 3.8) is 0 Å². The number of amides is 1. The minimum Gasteiger partial charge on any atom is -0.404 e. The number of hydrogen-bond donors (Lipinski definition) is 1. The Bertz CT molecular complexity index is 894. The van der Waals surface area contributed by atoms with E-state index in [2.05, 4.69) is 15.0 Å². The van der Waals surface area contributed by atoms with Crippen LogP contribution in [0.1, 0.15) is 0 Å². The van der Waals surface area contributed by atoms with Crippen LogP contribution < -0.4 is 15.0 Å². The number of rotatable bonds is 5. The van der Waals surface area contributed by atoms with E-state index in [0.29, 0.717) is 5.13 Å². The van der Waals surface area contributed by atoms with Gasteiger partial charge in [-0.15, -0.1) is 13.2 Å². The van der Waals surface area contributed by atoms with Crippen molar-refractivity contribution in [1.82, 2.24) is 4.98 Å². The van der Waals surface area contributed by atoms with Crippen LogP contribution in [0.4, 0.5) is 24.0 Å². The molecule has 0 saturated heterocycles. The van der Waals surface area contributed by atoms with E-state index in [1.165, 1.54) is 29.5 Å². The van der Waals surface area contributed by atoms with Crippen LogP contribution >= 0.6 is 11.3 Å². The molecular formula is C17H14F3N3O2S. The molecule has 1 amide bonds. The van der Waals surface area contributed by atoms with Gasteiger partial charge in [0.15, 0.2) is 10.9 Å². The highest BCUT2D eigenvalue weighted by Gasteiger charge is 2.32. The van der Waals surface area contributed by atoms with Gasteiger partial charge in [0.2, 0.25) is 5.91 Å². The number of para-hydroxylation sites is 3. The molecule has 0 aliphatic heterocycles. The van der Waals surface area contributed by atoms with E-state index in [-0.39, 0.29) is 12.2 Å². The fourth-order valence-corrected chi connectivity index (χ4v) is 3.21. The third-order valence-corrected chi connectivity index (χ3v) is 4.53. The van der Waals surface area contributed by atoms with Gasteiger partial charge in [0.25, 0.3) is 0 Å². The lowest BCUT2D eigenvalue weighted by Crippen LogP contribution is -2.30. The molecule has 0 aliphatic rings. The number of carbonyl (C=O) groups excluding carboxylic acids is 1. The second kappa shape index (κ2) is 7.20. The van der Waals surface area contributed by atoms with Gasteiger partial charge in [-0.05, 0) is 24.3 Å². The number of hydrogen-bond acceptors (Lipinski definition) is 5. The number of ether oxygens (including phenoxy) is 1. The Balaban J connectivity index is 1.69. The average Bonchev–Trinajstić information content (AvgIpc) is 2.99. The molecule has 0 radical (unpaired) electrons. The van der Waals surface area contributed by atoms with Crippen LogP contribution in [-0.2, 0) is 4.79 Å². The van der Waals surface area contributed by atoms with Gasteiger partial charge in [-0.25, -0.2) is 4.98 Å². The molecule has 1 aromatic heterocycles. The fraction of sp³-hybridized carbons (Fsp3) is 0.176. The van der Waals surface area contributed by atoms with E-state index in [1.807, 2.05) is 24.3 Å². The van der Waals surface area contributed by atoms with E-state index in [0.717, 1.165) is 16.3 Å². The zero-order valence-corrected chi connectivity index (χ0v) is 14.4. The predicted octanol–water partition coefficient (Wildman–Crippen LogP) is 4.27. The van der Waals surface area contributed by atoms with Crippen molar-refractivity contribution in [3.05, 3.63) is 48.5 Å². The summed E-state index contributed by atoms with van der Waals surface area (Å²) < 4.78 is 42.2. The first-order chi connectivity index (χ1) is 12.3. The van der Waals surface area contributed by atoms with Crippen molar-refractivity contribution in [2.24, 2.45) is 0 Å². The summed E-state index contributed by atoms with van der Waals surface area (Å²) in [5, 5.41) is 3.08. The Kier molecular flexibility index (Phi) is 4.99. The van der Waals surface area contributed by atoms with Crippen molar-refractivity contribution in [1.29, 1.82) is 0 Å². The number of aromatic nitrogens is 1. The Morgan fingerprint density at radius 1 is 1.19 bits per heavy atom. The maximum atomic E-state index is 12.4. The lowest BCUT2D eigenvalue weighted by molar-refractivity contribution is -0.274. The predicted molar refractivity (Wildman–Crippen MR) is 94.6 cm³/mol. The van der Waals surface area contributed by atoms with Crippen molar-refractivity contribution in [3.8, 4) is 5.75 Å². The van der Waals surface area contributed by atoms with Gasteiger partial charge >= 0.3 is 6.36 Å². The van der Waals surface area contributed by atoms with Gasteiger partial charge in [0.05, 0.1) is 22.4 Å². The van der Waals surface area contributed by atoms with E-state index >= 15 is 0 Å². The summed E-state index contributed by atoms with van der Waals surface area (Å²) >= 11 is 1.43. The van der Waals surface area contributed by atoms with Gasteiger partial charge in [-0.3, -0.25) is 4.79 Å². The zero-order chi connectivity index (χ0) is 18.7. The number of thiazole rings is 1. The molecule has 3 rings (SSSR count). The first kappa shape index (κ1) is 18.0. The first-order valence-corrected chi connectivity index (χ1v) is 8.35. The number of nitrogens with one attached hydrogen (secondary N) is 1. The molecule has 1 N–H and O–H groups in total. The third kappa shape index (κ3) is 4.42. The number of halogens is 3. The van der Waals surface area contributed by atoms with Crippen molar-refractivity contribution < 1.29 is 22.7 Å². The molecule has 0 saturated carbocycles. The molecule has 0 fully saturated rings. The van der Waals surface area contributed by atoms with E-state index < -0.39 is 18.0 Å². The van der Waals surface area contributed by atoms with Crippen LogP contribution in [0.2, 0.25) is 0 Å². The van der Waals surface area contributed by atoms with Gasteiger partial charge in [-0.1, -0.05) is 35.6 Å². The molecule has 3 aromatic rings. The standard InChI is InChI=1S/C17H14F3N3O2S/c1-23(16-22-12-7-3-5-9-14(12)26-16)10-15(24)21-11-6-2-4-8-13(11)25-17(18,19)20/h2-9H,10H2,1H3,(H,21,24). The highest BCUT2D eigenvalue weighted by atomic mass is 32.1. The summed E-state index contributed by atoms with van der Waals surface area (Å²) in [6, 6.07) is 12.9. The minimum absolute atomic E-state index is 0.0486. The third-order valence-electron chi connectivity index (χ3n) is 3.38. The molecule has 0 aliphatic carbocycles. The molecule has 1 heterocycles. The quantitative estimate of drug-likeness (QED) is 0.717. The number of nitrogens with zero attached hydrogens (tertiary/aromatic N) is 2. The molecular weight excluding hydrogens is 367 g/mol. The van der Waals surface area contributed by atoms with Crippen LogP contribution in [0, 0.1) is 0 Å². The second-order valence-corrected chi connectivity index (χ2v) is 6.42. The van der Waals surface area contributed by atoms with Gasteiger partial charge in [0, 0.05) is 7.05 Å². The summed E-state index contributed by atoms with van der Waals surface area (Å²) in [4.78, 5) is 18.3. The number of fused-ring (bicyclic) bond motifs is 1. The van der Waals surface area contributed by atoms with Crippen LogP contribution in [-0.4, -0.2) is 30.8 Å². The van der Waals surface area contributed by atoms with Crippen LogP contribution in [0.15, 0.2) is 48.5 Å². The summed E-state index contributed by atoms with van der Waals surface area (Å²) in [7, 11) is 1.69. The molecule has 26 heavy (non-hydrogen) atoms. The van der Waals surface area contributed by atoms with Crippen molar-refractivity contribution in [2.45, 2.75) is 6.36 Å². The maximum absolute atomic E-state index is 12.4. The van der Waals surface area contributed by atoms with Gasteiger partial charge in [-0.2, -0.15) is 0 Å². The first-order valence-electron chi connectivity index (χ1n) is 7.53. The molecule has 0 atom stereocenters. The van der Waals surface area contributed by atoms with Gasteiger partial charge < -0.3 is 15.0 Å². The SMILES string of the molecule is CN(CC(=O)Nc1ccccc1OC(F)(F)F)c1nc2ccccc2s1. The zero-order valence-electron chi connectivity index (χ0n) is 13.6. The molecule has 0 spiro atoms. The minimum atomic E-state index is -4.83. The lowest BCUT2D eigenvalue weighted by atomic mass is 10.3.